The highest BCUT2D eigenvalue weighted by Gasteiger charge is 2.36. The maximum absolute atomic E-state index is 12.4. The molecule has 1 aromatic heterocycles. The third-order valence-corrected chi connectivity index (χ3v) is 3.15. The van der Waals surface area contributed by atoms with Gasteiger partial charge in [0.2, 0.25) is 5.01 Å². The van der Waals surface area contributed by atoms with Crippen molar-refractivity contribution in [2.45, 2.75) is 26.1 Å². The van der Waals surface area contributed by atoms with Crippen LogP contribution in [0.2, 0.25) is 0 Å². The molecule has 0 spiro atoms. The topological polar surface area (TPSA) is 84.3 Å². The van der Waals surface area contributed by atoms with Gasteiger partial charge >= 0.3 is 12.1 Å². The number of alkyl halides is 3. The highest BCUT2D eigenvalue weighted by molar-refractivity contribution is 7.13. The summed E-state index contributed by atoms with van der Waals surface area (Å²) in [7, 11) is 0. The van der Waals surface area contributed by atoms with E-state index >= 15 is 0 Å². The number of hydrogen-bond donors (Lipinski definition) is 2. The molecular formula is C14H15F4N3O3S. The largest absolute Gasteiger partial charge is 0.479 e. The van der Waals surface area contributed by atoms with E-state index in [4.69, 9.17) is 5.11 Å². The average molecular weight is 381 g/mol. The third-order valence-electron chi connectivity index (χ3n) is 2.27. The Bertz CT molecular complexity index is 675. The summed E-state index contributed by atoms with van der Waals surface area (Å²) in [6.07, 6.45) is -4.58. The molecule has 0 atom stereocenters. The zero-order valence-electron chi connectivity index (χ0n) is 13.2. The second-order valence-electron chi connectivity index (χ2n) is 4.86. The number of anilines is 1. The first-order chi connectivity index (χ1) is 11.6. The van der Waals surface area contributed by atoms with Gasteiger partial charge in [0.25, 0.3) is 5.19 Å². The fourth-order valence-electron chi connectivity index (χ4n) is 1.39. The van der Waals surface area contributed by atoms with E-state index in [1.807, 2.05) is 13.8 Å². The molecule has 0 aliphatic rings. The summed E-state index contributed by atoms with van der Waals surface area (Å²) in [6, 6.07) is 6.75. The minimum absolute atomic E-state index is 0.149. The summed E-state index contributed by atoms with van der Waals surface area (Å²) in [4.78, 5) is 9.99. The second-order valence-corrected chi connectivity index (χ2v) is 5.80. The van der Waals surface area contributed by atoms with E-state index in [1.54, 1.807) is 12.1 Å². The Balaban J connectivity index is 0.000000257. The zero-order chi connectivity index (χ0) is 19.0. The standard InChI is InChI=1S/C9H12FN.C5H3F3N2O3S/c1-7(2)11-9-5-3-8(10)4-6-9;6-5(7,8)3-9-10-4(14-3)13-1-2(11)12/h3-7,11H,1-2H3;1H2,(H,11,12). The highest BCUT2D eigenvalue weighted by atomic mass is 32.1. The summed E-state index contributed by atoms with van der Waals surface area (Å²) >= 11 is 0.149. The van der Waals surface area contributed by atoms with Crippen molar-refractivity contribution in [2.75, 3.05) is 11.9 Å². The molecule has 1 heterocycles. The molecule has 138 valence electrons. The van der Waals surface area contributed by atoms with Gasteiger partial charge in [-0.3, -0.25) is 0 Å². The van der Waals surface area contributed by atoms with Crippen LogP contribution in [-0.2, 0) is 11.0 Å². The van der Waals surface area contributed by atoms with Gasteiger partial charge in [0, 0.05) is 11.7 Å². The lowest BCUT2D eigenvalue weighted by Gasteiger charge is -2.08. The van der Waals surface area contributed by atoms with Crippen molar-refractivity contribution in [1.29, 1.82) is 0 Å². The summed E-state index contributed by atoms with van der Waals surface area (Å²) < 4.78 is 52.6. The quantitative estimate of drug-likeness (QED) is 0.769. The second kappa shape index (κ2) is 9.16. The summed E-state index contributed by atoms with van der Waals surface area (Å²) in [6.45, 7) is 3.35. The van der Waals surface area contributed by atoms with Crippen LogP contribution in [0.25, 0.3) is 0 Å². The molecule has 0 radical (unpaired) electrons. The van der Waals surface area contributed by atoms with E-state index in [2.05, 4.69) is 20.3 Å². The van der Waals surface area contributed by atoms with E-state index in [0.717, 1.165) is 5.69 Å². The molecule has 25 heavy (non-hydrogen) atoms. The number of hydrogen-bond acceptors (Lipinski definition) is 6. The molecule has 0 unspecified atom stereocenters. The number of rotatable bonds is 5. The predicted octanol–water partition coefficient (Wildman–Crippen LogP) is 3.67. The molecule has 0 fully saturated rings. The van der Waals surface area contributed by atoms with Gasteiger partial charge < -0.3 is 15.2 Å². The predicted molar refractivity (Wildman–Crippen MR) is 83.2 cm³/mol. The van der Waals surface area contributed by atoms with Gasteiger partial charge in [0.15, 0.2) is 6.61 Å². The Labute approximate surface area is 144 Å². The molecule has 2 N–H and O–H groups in total. The van der Waals surface area contributed by atoms with Gasteiger partial charge in [0.1, 0.15) is 5.82 Å². The number of aromatic nitrogens is 2. The van der Waals surface area contributed by atoms with E-state index < -0.39 is 29.0 Å². The lowest BCUT2D eigenvalue weighted by Crippen LogP contribution is -2.09. The van der Waals surface area contributed by atoms with Crippen molar-refractivity contribution in [3.05, 3.63) is 35.1 Å². The number of carboxylic acids is 1. The number of benzene rings is 1. The lowest BCUT2D eigenvalue weighted by molar-refractivity contribution is -0.139. The van der Waals surface area contributed by atoms with E-state index in [1.165, 1.54) is 12.1 Å². The Kier molecular flexibility index (Phi) is 7.55. The maximum Gasteiger partial charge on any atom is 0.445 e. The first-order valence-electron chi connectivity index (χ1n) is 6.85. The normalized spacial score (nSPS) is 10.8. The van der Waals surface area contributed by atoms with Crippen molar-refractivity contribution in [2.24, 2.45) is 0 Å². The van der Waals surface area contributed by atoms with Crippen LogP contribution in [0.15, 0.2) is 24.3 Å². The van der Waals surface area contributed by atoms with Crippen LogP contribution in [0.5, 0.6) is 5.19 Å². The van der Waals surface area contributed by atoms with E-state index in [0.29, 0.717) is 6.04 Å². The van der Waals surface area contributed by atoms with Gasteiger partial charge in [-0.25, -0.2) is 9.18 Å². The van der Waals surface area contributed by atoms with Crippen molar-refractivity contribution < 1.29 is 32.2 Å². The maximum atomic E-state index is 12.4. The monoisotopic (exact) mass is 381 g/mol. The molecule has 0 aliphatic heterocycles. The minimum atomic E-state index is -4.58. The van der Waals surface area contributed by atoms with Crippen LogP contribution >= 0.6 is 11.3 Å². The number of aliphatic carboxylic acids is 1. The number of nitrogens with zero attached hydrogens (tertiary/aromatic N) is 2. The lowest BCUT2D eigenvalue weighted by atomic mass is 10.3. The van der Waals surface area contributed by atoms with Crippen molar-refractivity contribution >= 4 is 23.0 Å². The molecule has 0 amide bonds. The molecule has 6 nitrogen and oxygen atoms in total. The van der Waals surface area contributed by atoms with Crippen molar-refractivity contribution in [3.8, 4) is 5.19 Å². The molecule has 0 aliphatic carbocycles. The summed E-state index contributed by atoms with van der Waals surface area (Å²) in [5, 5.41) is 15.5. The third kappa shape index (κ3) is 8.29. The molecule has 1 aromatic carbocycles. The highest BCUT2D eigenvalue weighted by Crippen LogP contribution is 2.33. The van der Waals surface area contributed by atoms with Gasteiger partial charge in [-0.05, 0) is 38.1 Å². The molecule has 11 heteroatoms. The van der Waals surface area contributed by atoms with Crippen LogP contribution < -0.4 is 10.1 Å². The Morgan fingerprint density at radius 3 is 2.32 bits per heavy atom. The number of carbonyl (C=O) groups is 1. The molecule has 2 rings (SSSR count). The number of halogens is 4. The smallest absolute Gasteiger partial charge is 0.445 e. The summed E-state index contributed by atoms with van der Waals surface area (Å²) in [5.74, 6) is -1.49. The SMILES string of the molecule is CC(C)Nc1ccc(F)cc1.O=C(O)COc1nnc(C(F)(F)F)s1. The fourth-order valence-corrected chi connectivity index (χ4v) is 1.95. The van der Waals surface area contributed by atoms with Gasteiger partial charge in [-0.1, -0.05) is 16.4 Å². The van der Waals surface area contributed by atoms with Crippen LogP contribution in [0.3, 0.4) is 0 Å². The van der Waals surface area contributed by atoms with Crippen LogP contribution in [-0.4, -0.2) is 33.9 Å². The van der Waals surface area contributed by atoms with Crippen molar-refractivity contribution in [3.63, 3.8) is 0 Å². The zero-order valence-corrected chi connectivity index (χ0v) is 14.0. The van der Waals surface area contributed by atoms with Crippen LogP contribution in [0.4, 0.5) is 23.2 Å². The van der Waals surface area contributed by atoms with E-state index in [-0.39, 0.29) is 17.2 Å². The minimum Gasteiger partial charge on any atom is -0.479 e. The Hall–Kier alpha value is -2.43. The van der Waals surface area contributed by atoms with Gasteiger partial charge in [-0.2, -0.15) is 13.2 Å². The fraction of sp³-hybridized carbons (Fsp3) is 0.357. The average Bonchev–Trinajstić information content (AvgIpc) is 2.97. The molecule has 0 saturated heterocycles. The van der Waals surface area contributed by atoms with E-state index in [9.17, 15) is 22.4 Å². The van der Waals surface area contributed by atoms with Gasteiger partial charge in [-0.15, -0.1) is 5.10 Å². The van der Waals surface area contributed by atoms with Crippen LogP contribution in [0, 0.1) is 5.82 Å². The summed E-state index contributed by atoms with van der Waals surface area (Å²) in [5.41, 5.74) is 0.960. The van der Waals surface area contributed by atoms with Crippen molar-refractivity contribution in [1.82, 2.24) is 10.2 Å². The van der Waals surface area contributed by atoms with Gasteiger partial charge in [0.05, 0.1) is 0 Å². The molecule has 2 aromatic rings. The first-order valence-corrected chi connectivity index (χ1v) is 7.67. The van der Waals surface area contributed by atoms with Crippen LogP contribution in [0.1, 0.15) is 18.9 Å². The number of ether oxygens (including phenoxy) is 1. The Morgan fingerprint density at radius 2 is 1.88 bits per heavy atom. The molecule has 0 saturated carbocycles. The first kappa shape index (κ1) is 20.6. The molecular weight excluding hydrogens is 366 g/mol. The molecule has 0 bridgehead atoms. The number of carboxylic acid groups (broad SMARTS) is 1. The Morgan fingerprint density at radius 1 is 1.28 bits per heavy atom. The number of nitrogens with one attached hydrogen (secondary N) is 1.